The highest BCUT2D eigenvalue weighted by Crippen LogP contribution is 2.27. The van der Waals surface area contributed by atoms with Gasteiger partial charge in [0.05, 0.1) is 11.3 Å². The molecule has 0 aliphatic carbocycles. The third-order valence-corrected chi connectivity index (χ3v) is 5.20. The number of aromatic nitrogens is 3. The van der Waals surface area contributed by atoms with Crippen molar-refractivity contribution >= 4 is 44.9 Å². The summed E-state index contributed by atoms with van der Waals surface area (Å²) in [7, 11) is 0. The Morgan fingerprint density at radius 2 is 1.93 bits per heavy atom. The number of benzene rings is 2. The molecule has 0 saturated heterocycles. The number of rotatable bonds is 4. The van der Waals surface area contributed by atoms with E-state index < -0.39 is 17.3 Å². The van der Waals surface area contributed by atoms with Crippen LogP contribution in [0.3, 0.4) is 0 Å². The Kier molecular flexibility index (Phi) is 5.08. The van der Waals surface area contributed by atoms with Gasteiger partial charge in [-0.15, -0.1) is 0 Å². The van der Waals surface area contributed by atoms with Gasteiger partial charge >= 0.3 is 0 Å². The van der Waals surface area contributed by atoms with Gasteiger partial charge in [-0.25, -0.2) is 13.8 Å². The largest absolute Gasteiger partial charge is 0.324 e. The molecule has 29 heavy (non-hydrogen) atoms. The molecule has 0 radical (unpaired) electrons. The summed E-state index contributed by atoms with van der Waals surface area (Å²) in [5.41, 5.74) is 1.37. The van der Waals surface area contributed by atoms with Crippen LogP contribution in [0.25, 0.3) is 21.5 Å². The molecule has 1 amide bonds. The SMILES string of the molecule is O=C(Cn1cnc2c(-c3ccc(F)cc3)nsc2c1=O)Nc1ccc(F)c(Cl)c1. The highest BCUT2D eigenvalue weighted by molar-refractivity contribution is 7.13. The van der Waals surface area contributed by atoms with Crippen molar-refractivity contribution in [3.63, 3.8) is 0 Å². The second kappa shape index (κ2) is 7.69. The topological polar surface area (TPSA) is 76.9 Å². The van der Waals surface area contributed by atoms with E-state index in [2.05, 4.69) is 14.7 Å². The fourth-order valence-corrected chi connectivity index (χ4v) is 3.68. The lowest BCUT2D eigenvalue weighted by Crippen LogP contribution is -2.27. The first-order valence-electron chi connectivity index (χ1n) is 8.28. The average molecular weight is 433 g/mol. The van der Waals surface area contributed by atoms with Crippen LogP contribution in [0, 0.1) is 11.6 Å². The molecule has 2 aromatic heterocycles. The zero-order chi connectivity index (χ0) is 20.5. The van der Waals surface area contributed by atoms with Crippen molar-refractivity contribution in [1.29, 1.82) is 0 Å². The molecular weight excluding hydrogens is 422 g/mol. The highest BCUT2D eigenvalue weighted by atomic mass is 35.5. The summed E-state index contributed by atoms with van der Waals surface area (Å²) in [6.07, 6.45) is 1.25. The van der Waals surface area contributed by atoms with Crippen molar-refractivity contribution < 1.29 is 13.6 Å². The van der Waals surface area contributed by atoms with Gasteiger partial charge in [-0.05, 0) is 54.0 Å². The summed E-state index contributed by atoms with van der Waals surface area (Å²) in [4.78, 5) is 29.2. The summed E-state index contributed by atoms with van der Waals surface area (Å²) in [6, 6.07) is 9.48. The number of nitrogens with one attached hydrogen (secondary N) is 1. The molecular formula is C19H11ClF2N4O2S. The Labute approximate surface area is 171 Å². The molecule has 0 bridgehead atoms. The van der Waals surface area contributed by atoms with E-state index in [9.17, 15) is 18.4 Å². The van der Waals surface area contributed by atoms with Gasteiger partial charge in [0.25, 0.3) is 5.56 Å². The summed E-state index contributed by atoms with van der Waals surface area (Å²) < 4.78 is 32.0. The lowest BCUT2D eigenvalue weighted by atomic mass is 10.1. The molecule has 1 N–H and O–H groups in total. The van der Waals surface area contributed by atoms with Gasteiger partial charge in [-0.1, -0.05) is 11.6 Å². The normalized spacial score (nSPS) is 11.0. The van der Waals surface area contributed by atoms with Crippen molar-refractivity contribution in [3.8, 4) is 11.3 Å². The van der Waals surface area contributed by atoms with Crippen molar-refractivity contribution in [2.75, 3.05) is 5.32 Å². The van der Waals surface area contributed by atoms with Crippen LogP contribution in [0.4, 0.5) is 14.5 Å². The van der Waals surface area contributed by atoms with Crippen molar-refractivity contribution in [1.82, 2.24) is 13.9 Å². The molecule has 0 aliphatic heterocycles. The second-order valence-corrected chi connectivity index (χ2v) is 7.25. The van der Waals surface area contributed by atoms with Gasteiger partial charge in [-0.3, -0.25) is 14.2 Å². The minimum Gasteiger partial charge on any atom is -0.324 e. The first kappa shape index (κ1) is 19.2. The highest BCUT2D eigenvalue weighted by Gasteiger charge is 2.16. The van der Waals surface area contributed by atoms with Crippen molar-refractivity contribution in [3.05, 3.63) is 75.8 Å². The lowest BCUT2D eigenvalue weighted by Gasteiger charge is -2.08. The van der Waals surface area contributed by atoms with E-state index in [1.807, 2.05) is 0 Å². The Hall–Kier alpha value is -3.17. The molecule has 0 spiro atoms. The van der Waals surface area contributed by atoms with Crippen LogP contribution in [-0.4, -0.2) is 19.8 Å². The van der Waals surface area contributed by atoms with E-state index in [1.54, 1.807) is 12.1 Å². The molecule has 4 aromatic rings. The van der Waals surface area contributed by atoms with Gasteiger partial charge in [0.1, 0.15) is 34.1 Å². The smallest absolute Gasteiger partial charge is 0.273 e. The number of hydrogen-bond acceptors (Lipinski definition) is 5. The number of halogens is 3. The van der Waals surface area contributed by atoms with Gasteiger partial charge in [-0.2, -0.15) is 4.37 Å². The predicted molar refractivity (Wildman–Crippen MR) is 107 cm³/mol. The number of fused-ring (bicyclic) bond motifs is 1. The quantitative estimate of drug-likeness (QED) is 0.527. The molecule has 146 valence electrons. The van der Waals surface area contributed by atoms with Crippen molar-refractivity contribution in [2.24, 2.45) is 0 Å². The Morgan fingerprint density at radius 3 is 2.66 bits per heavy atom. The summed E-state index contributed by atoms with van der Waals surface area (Å²) in [5.74, 6) is -1.48. The molecule has 2 aromatic carbocycles. The molecule has 4 rings (SSSR count). The maximum Gasteiger partial charge on any atom is 0.273 e. The fraction of sp³-hybridized carbons (Fsp3) is 0.0526. The molecule has 0 atom stereocenters. The third kappa shape index (κ3) is 3.87. The minimum atomic E-state index is -0.599. The lowest BCUT2D eigenvalue weighted by molar-refractivity contribution is -0.116. The number of hydrogen-bond donors (Lipinski definition) is 1. The zero-order valence-electron chi connectivity index (χ0n) is 14.5. The Balaban J connectivity index is 1.59. The first-order valence-corrected chi connectivity index (χ1v) is 9.43. The maximum atomic E-state index is 13.2. The van der Waals surface area contributed by atoms with Gasteiger partial charge in [0.15, 0.2) is 0 Å². The molecule has 2 heterocycles. The minimum absolute atomic E-state index is 0.124. The summed E-state index contributed by atoms with van der Waals surface area (Å²) in [6.45, 7) is -0.291. The van der Waals surface area contributed by atoms with E-state index in [0.717, 1.165) is 22.2 Å². The molecule has 10 heteroatoms. The summed E-state index contributed by atoms with van der Waals surface area (Å²) >= 11 is 6.65. The summed E-state index contributed by atoms with van der Waals surface area (Å²) in [5, 5.41) is 2.42. The van der Waals surface area contributed by atoms with Crippen LogP contribution in [0.1, 0.15) is 0 Å². The Bertz CT molecular complexity index is 1290. The van der Waals surface area contributed by atoms with Gasteiger partial charge in [0.2, 0.25) is 5.91 Å². The number of carbonyl (C=O) groups is 1. The fourth-order valence-electron chi connectivity index (χ4n) is 2.69. The molecule has 0 fully saturated rings. The van der Waals surface area contributed by atoms with Crippen LogP contribution in [0.15, 0.2) is 53.6 Å². The van der Waals surface area contributed by atoms with E-state index in [1.165, 1.54) is 30.6 Å². The molecule has 0 aliphatic rings. The van der Waals surface area contributed by atoms with Gasteiger partial charge in [0, 0.05) is 11.3 Å². The third-order valence-electron chi connectivity index (χ3n) is 4.08. The second-order valence-electron chi connectivity index (χ2n) is 6.07. The van der Waals surface area contributed by atoms with Crippen LogP contribution >= 0.6 is 23.1 Å². The molecule has 6 nitrogen and oxygen atoms in total. The maximum absolute atomic E-state index is 13.2. The molecule has 0 saturated carbocycles. The number of anilines is 1. The van der Waals surface area contributed by atoms with Crippen molar-refractivity contribution in [2.45, 2.75) is 6.54 Å². The van der Waals surface area contributed by atoms with E-state index in [0.29, 0.717) is 22.5 Å². The number of amides is 1. The Morgan fingerprint density at radius 1 is 1.17 bits per heavy atom. The zero-order valence-corrected chi connectivity index (χ0v) is 16.1. The van der Waals surface area contributed by atoms with Crippen LogP contribution < -0.4 is 10.9 Å². The first-order chi connectivity index (χ1) is 13.9. The standard InChI is InChI=1S/C19H11ClF2N4O2S/c20-13-7-12(5-6-14(13)22)24-15(27)8-26-9-23-17-16(25-29-18(17)19(26)28)10-1-3-11(21)4-2-10/h1-7,9H,8H2,(H,24,27). The number of carbonyl (C=O) groups excluding carboxylic acids is 1. The van der Waals surface area contributed by atoms with Crippen LogP contribution in [0.5, 0.6) is 0 Å². The van der Waals surface area contributed by atoms with Gasteiger partial charge < -0.3 is 5.32 Å². The average Bonchev–Trinajstić information content (AvgIpc) is 3.12. The van der Waals surface area contributed by atoms with Crippen LogP contribution in [0.2, 0.25) is 5.02 Å². The van der Waals surface area contributed by atoms with Crippen LogP contribution in [-0.2, 0) is 11.3 Å². The molecule has 0 unspecified atom stereocenters. The predicted octanol–water partition coefficient (Wildman–Crippen LogP) is 4.09. The monoisotopic (exact) mass is 432 g/mol. The number of nitrogens with zero attached hydrogens (tertiary/aromatic N) is 3. The van der Waals surface area contributed by atoms with E-state index in [4.69, 9.17) is 11.6 Å². The van der Waals surface area contributed by atoms with E-state index >= 15 is 0 Å². The van der Waals surface area contributed by atoms with E-state index in [-0.39, 0.29) is 22.1 Å².